The van der Waals surface area contributed by atoms with Crippen molar-refractivity contribution in [2.75, 3.05) is 7.05 Å². The van der Waals surface area contributed by atoms with Crippen LogP contribution in [0.25, 0.3) is 0 Å². The smallest absolute Gasteiger partial charge is 0.226 e. The summed E-state index contributed by atoms with van der Waals surface area (Å²) in [6.07, 6.45) is 1.04. The molecule has 0 aromatic rings. The summed E-state index contributed by atoms with van der Waals surface area (Å²) in [5, 5.41) is 2.82. The third-order valence-electron chi connectivity index (χ3n) is 4.30. The molecule has 0 aromatic carbocycles. The number of amides is 1. The van der Waals surface area contributed by atoms with Crippen molar-refractivity contribution in [1.29, 1.82) is 0 Å². The zero-order valence-electron chi connectivity index (χ0n) is 11.3. The minimum Gasteiger partial charge on any atom is -0.359 e. The van der Waals surface area contributed by atoms with Crippen LogP contribution in [0.15, 0.2) is 0 Å². The summed E-state index contributed by atoms with van der Waals surface area (Å²) >= 11 is 0. The van der Waals surface area contributed by atoms with Crippen molar-refractivity contribution in [3.8, 4) is 0 Å². The third kappa shape index (κ3) is 2.73. The molecule has 90 valence electrons. The lowest BCUT2D eigenvalue weighted by molar-refractivity contribution is -0.137. The predicted octanol–water partition coefficient (Wildman–Crippen LogP) is 3.08. The highest BCUT2D eigenvalue weighted by atomic mass is 16.2. The van der Waals surface area contributed by atoms with Crippen LogP contribution in [-0.2, 0) is 4.79 Å². The van der Waals surface area contributed by atoms with Crippen molar-refractivity contribution in [2.45, 2.75) is 48.0 Å². The summed E-state index contributed by atoms with van der Waals surface area (Å²) in [5.41, 5.74) is -0.252. The lowest BCUT2D eigenvalue weighted by Crippen LogP contribution is -2.47. The van der Waals surface area contributed by atoms with Gasteiger partial charge in [-0.1, -0.05) is 48.0 Å². The minimum atomic E-state index is -0.252. The Morgan fingerprint density at radius 3 is 2.00 bits per heavy atom. The van der Waals surface area contributed by atoms with Gasteiger partial charge < -0.3 is 5.32 Å². The lowest BCUT2D eigenvalue weighted by Gasteiger charge is -2.41. The van der Waals surface area contributed by atoms with E-state index in [0.717, 1.165) is 6.42 Å². The summed E-state index contributed by atoms with van der Waals surface area (Å²) in [4.78, 5) is 12.1. The summed E-state index contributed by atoms with van der Waals surface area (Å²) in [7, 11) is 1.73. The van der Waals surface area contributed by atoms with Crippen molar-refractivity contribution in [3.63, 3.8) is 0 Å². The van der Waals surface area contributed by atoms with E-state index < -0.39 is 0 Å². The summed E-state index contributed by atoms with van der Waals surface area (Å²) in [5.74, 6) is 1.52. The van der Waals surface area contributed by atoms with Crippen LogP contribution in [0.4, 0.5) is 0 Å². The molecular formula is C13H27NO. The summed E-state index contributed by atoms with van der Waals surface area (Å²) in [6.45, 7) is 13.0. The van der Waals surface area contributed by atoms with Crippen LogP contribution in [0.2, 0.25) is 0 Å². The maximum absolute atomic E-state index is 12.1. The Bertz CT molecular complexity index is 213. The number of carbonyl (C=O) groups excluding carboxylic acids is 1. The van der Waals surface area contributed by atoms with Crippen molar-refractivity contribution < 1.29 is 4.79 Å². The van der Waals surface area contributed by atoms with Gasteiger partial charge in [0.05, 0.1) is 5.41 Å². The van der Waals surface area contributed by atoms with E-state index in [9.17, 15) is 4.79 Å². The van der Waals surface area contributed by atoms with Crippen LogP contribution in [0.5, 0.6) is 0 Å². The van der Waals surface area contributed by atoms with Gasteiger partial charge in [0.1, 0.15) is 0 Å². The van der Waals surface area contributed by atoms with Gasteiger partial charge in [-0.05, 0) is 17.8 Å². The average Bonchev–Trinajstić information content (AvgIpc) is 2.24. The van der Waals surface area contributed by atoms with Crippen LogP contribution in [0.3, 0.4) is 0 Å². The van der Waals surface area contributed by atoms with E-state index in [0.29, 0.717) is 17.8 Å². The predicted molar refractivity (Wildman–Crippen MR) is 65.6 cm³/mol. The van der Waals surface area contributed by atoms with Gasteiger partial charge in [-0.3, -0.25) is 4.79 Å². The monoisotopic (exact) mass is 213 g/mol. The van der Waals surface area contributed by atoms with E-state index >= 15 is 0 Å². The molecule has 1 amide bonds. The van der Waals surface area contributed by atoms with E-state index in [1.807, 2.05) is 0 Å². The fraction of sp³-hybridized carbons (Fsp3) is 0.923. The van der Waals surface area contributed by atoms with Crippen molar-refractivity contribution in [1.82, 2.24) is 5.32 Å². The van der Waals surface area contributed by atoms with Gasteiger partial charge in [0.15, 0.2) is 0 Å². The number of hydrogen-bond donors (Lipinski definition) is 1. The van der Waals surface area contributed by atoms with Crippen LogP contribution in [0.1, 0.15) is 48.0 Å². The molecule has 2 nitrogen and oxygen atoms in total. The summed E-state index contributed by atoms with van der Waals surface area (Å²) < 4.78 is 0. The normalized spacial score (nSPS) is 19.5. The molecule has 0 heterocycles. The number of nitrogens with one attached hydrogen (secondary N) is 1. The number of carbonyl (C=O) groups is 1. The Balaban J connectivity index is 5.10. The van der Waals surface area contributed by atoms with Crippen molar-refractivity contribution in [3.05, 3.63) is 0 Å². The van der Waals surface area contributed by atoms with E-state index in [4.69, 9.17) is 0 Å². The molecule has 2 heteroatoms. The molecular weight excluding hydrogens is 186 g/mol. The molecule has 1 N–H and O–H groups in total. The van der Waals surface area contributed by atoms with Gasteiger partial charge in [-0.25, -0.2) is 0 Å². The lowest BCUT2D eigenvalue weighted by atomic mass is 9.64. The molecule has 15 heavy (non-hydrogen) atoms. The molecule has 0 saturated carbocycles. The molecule has 0 aliphatic heterocycles. The van der Waals surface area contributed by atoms with E-state index in [1.54, 1.807) is 7.05 Å². The van der Waals surface area contributed by atoms with Gasteiger partial charge in [-0.2, -0.15) is 0 Å². The Morgan fingerprint density at radius 2 is 1.73 bits per heavy atom. The molecule has 0 radical (unpaired) electrons. The quantitative estimate of drug-likeness (QED) is 0.747. The molecule has 0 bridgehead atoms. The van der Waals surface area contributed by atoms with Crippen molar-refractivity contribution >= 4 is 5.91 Å². The first kappa shape index (κ1) is 14.5. The Kier molecular flexibility index (Phi) is 5.33. The maximum Gasteiger partial charge on any atom is 0.226 e. The van der Waals surface area contributed by atoms with E-state index in [2.05, 4.69) is 46.9 Å². The van der Waals surface area contributed by atoms with Gasteiger partial charge in [-0.15, -0.1) is 0 Å². The standard InChI is InChI=1S/C13H27NO/c1-8-10(4)13(6,12(15)14-7)11(5)9(2)3/h9-11H,8H2,1-7H3,(H,14,15). The molecule has 0 aromatic heterocycles. The second-order valence-corrected chi connectivity index (χ2v) is 5.20. The van der Waals surface area contributed by atoms with E-state index in [1.165, 1.54) is 0 Å². The zero-order chi connectivity index (χ0) is 12.2. The van der Waals surface area contributed by atoms with Crippen LogP contribution < -0.4 is 5.32 Å². The van der Waals surface area contributed by atoms with E-state index in [-0.39, 0.29) is 11.3 Å². The molecule has 3 atom stereocenters. The molecule has 0 aliphatic carbocycles. The third-order valence-corrected chi connectivity index (χ3v) is 4.30. The zero-order valence-corrected chi connectivity index (χ0v) is 11.3. The highest BCUT2D eigenvalue weighted by Crippen LogP contribution is 2.41. The highest BCUT2D eigenvalue weighted by Gasteiger charge is 2.43. The molecule has 0 rings (SSSR count). The first-order valence-electron chi connectivity index (χ1n) is 6.04. The van der Waals surface area contributed by atoms with Gasteiger partial charge >= 0.3 is 0 Å². The Morgan fingerprint density at radius 1 is 1.27 bits per heavy atom. The number of hydrogen-bond acceptors (Lipinski definition) is 1. The Labute approximate surface area is 94.8 Å². The maximum atomic E-state index is 12.1. The second-order valence-electron chi connectivity index (χ2n) is 5.20. The first-order chi connectivity index (χ1) is 6.82. The first-order valence-corrected chi connectivity index (χ1v) is 6.04. The molecule has 3 unspecified atom stereocenters. The number of rotatable bonds is 5. The molecule has 0 saturated heterocycles. The van der Waals surface area contributed by atoms with Gasteiger partial charge in [0, 0.05) is 7.05 Å². The van der Waals surface area contributed by atoms with Crippen LogP contribution in [0, 0.1) is 23.2 Å². The van der Waals surface area contributed by atoms with Gasteiger partial charge in [0.25, 0.3) is 0 Å². The average molecular weight is 213 g/mol. The fourth-order valence-corrected chi connectivity index (χ4v) is 2.27. The largest absolute Gasteiger partial charge is 0.359 e. The summed E-state index contributed by atoms with van der Waals surface area (Å²) in [6, 6.07) is 0. The minimum absolute atomic E-state index is 0.179. The Hall–Kier alpha value is -0.530. The molecule has 0 aliphatic rings. The van der Waals surface area contributed by atoms with Crippen LogP contribution in [-0.4, -0.2) is 13.0 Å². The SMILES string of the molecule is CCC(C)C(C)(C(=O)NC)C(C)C(C)C. The molecule has 0 spiro atoms. The van der Waals surface area contributed by atoms with Gasteiger partial charge in [0.2, 0.25) is 5.91 Å². The second kappa shape index (κ2) is 5.53. The van der Waals surface area contributed by atoms with Crippen molar-refractivity contribution in [2.24, 2.45) is 23.2 Å². The molecule has 0 fully saturated rings. The fourth-order valence-electron chi connectivity index (χ4n) is 2.27. The van der Waals surface area contributed by atoms with Crippen LogP contribution >= 0.6 is 0 Å². The topological polar surface area (TPSA) is 29.1 Å². The highest BCUT2D eigenvalue weighted by molar-refractivity contribution is 5.82.